The fraction of sp³-hybridized carbons (Fsp3) is 0.375. The van der Waals surface area contributed by atoms with E-state index in [0.717, 1.165) is 36.4 Å². The van der Waals surface area contributed by atoms with Gasteiger partial charge in [-0.3, -0.25) is 13.9 Å². The van der Waals surface area contributed by atoms with E-state index < -0.39 is 28.5 Å². The molecule has 1 saturated carbocycles. The third-order valence-corrected chi connectivity index (χ3v) is 10.1. The van der Waals surface area contributed by atoms with Gasteiger partial charge in [0.25, 0.3) is 10.0 Å². The topological polar surface area (TPSA) is 96.0 Å². The van der Waals surface area contributed by atoms with Crippen molar-refractivity contribution in [2.75, 3.05) is 18.0 Å². The quantitative estimate of drug-likeness (QED) is 0.244. The minimum absolute atomic E-state index is 0.00878. The normalized spacial score (nSPS) is 14.5. The van der Waals surface area contributed by atoms with E-state index in [1.54, 1.807) is 48.5 Å². The van der Waals surface area contributed by atoms with Gasteiger partial charge in [0, 0.05) is 17.6 Å². The molecule has 230 valence electrons. The van der Waals surface area contributed by atoms with Crippen molar-refractivity contribution in [1.82, 2.24) is 10.2 Å². The number of methoxy groups -OCH3 is 1. The second kappa shape index (κ2) is 14.9. The molecular weight excluding hydrogens is 609 g/mol. The van der Waals surface area contributed by atoms with E-state index in [9.17, 15) is 18.0 Å². The van der Waals surface area contributed by atoms with Crippen LogP contribution in [0.2, 0.25) is 10.0 Å². The fourth-order valence-electron chi connectivity index (χ4n) is 5.33. The van der Waals surface area contributed by atoms with E-state index in [2.05, 4.69) is 5.32 Å². The highest BCUT2D eigenvalue weighted by atomic mass is 35.5. The number of benzene rings is 3. The molecule has 3 aromatic carbocycles. The first kappa shape index (κ1) is 32.6. The lowest BCUT2D eigenvalue weighted by Crippen LogP contribution is -2.54. The standard InChI is InChI=1S/C32H37Cl2N3O5S/c1-3-29(32(39)35-24-13-6-4-7-14-24)36(21-23-12-10-11-17-27(23)33)31(38)22-37(25-18-19-30(42-2)28(34)20-25)43(40,41)26-15-8-5-9-16-26/h5,8-12,15-20,24,29H,3-4,6-7,13-14,21-22H2,1-2H3,(H,35,39)/t29-/m1/s1. The number of rotatable bonds is 12. The Morgan fingerprint density at radius 3 is 2.26 bits per heavy atom. The fourth-order valence-corrected chi connectivity index (χ4v) is 7.21. The van der Waals surface area contributed by atoms with Crippen molar-refractivity contribution in [3.05, 3.63) is 88.4 Å². The van der Waals surface area contributed by atoms with Gasteiger partial charge in [-0.15, -0.1) is 0 Å². The molecule has 0 aliphatic heterocycles. The molecule has 1 aliphatic rings. The molecule has 11 heteroatoms. The number of sulfonamides is 1. The first-order valence-corrected chi connectivity index (χ1v) is 16.6. The number of hydrogen-bond acceptors (Lipinski definition) is 5. The number of anilines is 1. The maximum Gasteiger partial charge on any atom is 0.264 e. The van der Waals surface area contributed by atoms with Crippen molar-refractivity contribution in [3.63, 3.8) is 0 Å². The molecule has 0 radical (unpaired) electrons. The van der Waals surface area contributed by atoms with Gasteiger partial charge in [-0.1, -0.05) is 85.8 Å². The van der Waals surface area contributed by atoms with Crippen LogP contribution < -0.4 is 14.4 Å². The van der Waals surface area contributed by atoms with E-state index in [1.165, 1.54) is 36.3 Å². The van der Waals surface area contributed by atoms with Gasteiger partial charge in [0.2, 0.25) is 11.8 Å². The molecule has 4 rings (SSSR count). The van der Waals surface area contributed by atoms with Crippen LogP contribution in [0.3, 0.4) is 0 Å². The summed E-state index contributed by atoms with van der Waals surface area (Å²) in [6, 6.07) is 18.7. The van der Waals surface area contributed by atoms with Crippen molar-refractivity contribution in [2.45, 2.75) is 69.0 Å². The molecule has 0 spiro atoms. The number of amides is 2. The van der Waals surface area contributed by atoms with E-state index in [1.807, 2.05) is 6.92 Å². The maximum atomic E-state index is 14.3. The van der Waals surface area contributed by atoms with Crippen molar-refractivity contribution in [1.29, 1.82) is 0 Å². The average molecular weight is 647 g/mol. The highest BCUT2D eigenvalue weighted by Gasteiger charge is 2.35. The zero-order valence-electron chi connectivity index (χ0n) is 24.3. The Hall–Kier alpha value is -3.27. The number of nitrogens with zero attached hydrogens (tertiary/aromatic N) is 2. The minimum atomic E-state index is -4.22. The van der Waals surface area contributed by atoms with Crippen LogP contribution >= 0.6 is 23.2 Å². The van der Waals surface area contributed by atoms with Gasteiger partial charge in [-0.2, -0.15) is 0 Å². The van der Waals surface area contributed by atoms with Gasteiger partial charge >= 0.3 is 0 Å². The zero-order valence-corrected chi connectivity index (χ0v) is 26.7. The molecule has 0 unspecified atom stereocenters. The first-order chi connectivity index (χ1) is 20.6. The predicted octanol–water partition coefficient (Wildman–Crippen LogP) is 6.45. The third-order valence-electron chi connectivity index (χ3n) is 7.67. The number of carbonyl (C=O) groups excluding carboxylic acids is 2. The molecule has 0 heterocycles. The Labute approximate surface area is 264 Å². The van der Waals surface area contributed by atoms with Crippen LogP contribution in [0, 0.1) is 0 Å². The second-order valence-electron chi connectivity index (χ2n) is 10.5. The minimum Gasteiger partial charge on any atom is -0.495 e. The Balaban J connectivity index is 1.73. The summed E-state index contributed by atoms with van der Waals surface area (Å²) in [5.74, 6) is -0.462. The molecule has 0 saturated heterocycles. The summed E-state index contributed by atoms with van der Waals surface area (Å²) in [6.07, 6.45) is 5.34. The highest BCUT2D eigenvalue weighted by Crippen LogP contribution is 2.32. The van der Waals surface area contributed by atoms with Gasteiger partial charge in [-0.05, 0) is 61.2 Å². The Morgan fingerprint density at radius 1 is 0.953 bits per heavy atom. The van der Waals surface area contributed by atoms with Crippen LogP contribution in [-0.4, -0.2) is 50.9 Å². The van der Waals surface area contributed by atoms with Crippen LogP contribution in [0.5, 0.6) is 5.75 Å². The van der Waals surface area contributed by atoms with E-state index in [0.29, 0.717) is 22.8 Å². The summed E-state index contributed by atoms with van der Waals surface area (Å²) in [6.45, 7) is 1.29. The molecule has 1 N–H and O–H groups in total. The molecule has 1 atom stereocenters. The summed E-state index contributed by atoms with van der Waals surface area (Å²) >= 11 is 12.9. The van der Waals surface area contributed by atoms with E-state index in [-0.39, 0.29) is 34.1 Å². The summed E-state index contributed by atoms with van der Waals surface area (Å²) in [7, 11) is -2.76. The number of nitrogens with one attached hydrogen (secondary N) is 1. The lowest BCUT2D eigenvalue weighted by Gasteiger charge is -2.34. The second-order valence-corrected chi connectivity index (χ2v) is 13.2. The number of carbonyl (C=O) groups is 2. The van der Waals surface area contributed by atoms with Crippen LogP contribution in [0.25, 0.3) is 0 Å². The van der Waals surface area contributed by atoms with E-state index in [4.69, 9.17) is 27.9 Å². The number of halogens is 2. The van der Waals surface area contributed by atoms with Gasteiger partial charge in [-0.25, -0.2) is 8.42 Å². The Kier molecular flexibility index (Phi) is 11.3. The van der Waals surface area contributed by atoms with Gasteiger partial charge in [0.1, 0.15) is 18.3 Å². The van der Waals surface area contributed by atoms with E-state index >= 15 is 0 Å². The summed E-state index contributed by atoms with van der Waals surface area (Å²) < 4.78 is 34.2. The SMILES string of the molecule is CC[C@H](C(=O)NC1CCCCC1)N(Cc1ccccc1Cl)C(=O)CN(c1ccc(OC)c(Cl)c1)S(=O)(=O)c1ccccc1. The van der Waals surface area contributed by atoms with Crippen LogP contribution in [0.15, 0.2) is 77.7 Å². The highest BCUT2D eigenvalue weighted by molar-refractivity contribution is 7.92. The van der Waals surface area contributed by atoms with Crippen LogP contribution in [0.1, 0.15) is 51.0 Å². The molecular formula is C32H37Cl2N3O5S. The maximum absolute atomic E-state index is 14.3. The van der Waals surface area contributed by atoms with Crippen molar-refractivity contribution in [2.24, 2.45) is 0 Å². The van der Waals surface area contributed by atoms with Gasteiger partial charge < -0.3 is 15.0 Å². The average Bonchev–Trinajstić information content (AvgIpc) is 3.01. The number of hydrogen-bond donors (Lipinski definition) is 1. The summed E-state index contributed by atoms with van der Waals surface area (Å²) in [5, 5.41) is 3.77. The van der Waals surface area contributed by atoms with Crippen molar-refractivity contribution >= 4 is 50.7 Å². The lowest BCUT2D eigenvalue weighted by molar-refractivity contribution is -0.140. The molecule has 0 aromatic heterocycles. The molecule has 1 aliphatic carbocycles. The monoisotopic (exact) mass is 645 g/mol. The summed E-state index contributed by atoms with van der Waals surface area (Å²) in [4.78, 5) is 29.4. The summed E-state index contributed by atoms with van der Waals surface area (Å²) in [5.41, 5.74) is 0.826. The van der Waals surface area contributed by atoms with Gasteiger partial charge in [0.05, 0.1) is 22.7 Å². The number of ether oxygens (including phenoxy) is 1. The van der Waals surface area contributed by atoms with Gasteiger partial charge in [0.15, 0.2) is 0 Å². The first-order valence-electron chi connectivity index (χ1n) is 14.4. The Bertz CT molecular complexity index is 1510. The molecule has 3 aromatic rings. The van der Waals surface area contributed by atoms with Crippen LogP contribution in [0.4, 0.5) is 5.69 Å². The molecule has 1 fully saturated rings. The predicted molar refractivity (Wildman–Crippen MR) is 170 cm³/mol. The van der Waals surface area contributed by atoms with Crippen molar-refractivity contribution in [3.8, 4) is 5.75 Å². The Morgan fingerprint density at radius 2 is 1.63 bits per heavy atom. The van der Waals surface area contributed by atoms with Crippen molar-refractivity contribution < 1.29 is 22.7 Å². The smallest absolute Gasteiger partial charge is 0.264 e. The molecule has 43 heavy (non-hydrogen) atoms. The third kappa shape index (κ3) is 8.02. The molecule has 2 amide bonds. The zero-order chi connectivity index (χ0) is 31.0. The molecule has 0 bridgehead atoms. The molecule has 8 nitrogen and oxygen atoms in total. The lowest BCUT2D eigenvalue weighted by atomic mass is 9.95. The van der Waals surface area contributed by atoms with Crippen LogP contribution in [-0.2, 0) is 26.2 Å². The largest absolute Gasteiger partial charge is 0.495 e.